The van der Waals surface area contributed by atoms with Crippen molar-refractivity contribution in [2.75, 3.05) is 13.6 Å². The van der Waals surface area contributed by atoms with Gasteiger partial charge in [0.15, 0.2) is 5.76 Å². The van der Waals surface area contributed by atoms with E-state index >= 15 is 0 Å². The van der Waals surface area contributed by atoms with Crippen LogP contribution in [0.15, 0.2) is 35.1 Å². The zero-order chi connectivity index (χ0) is 16.2. The topological polar surface area (TPSA) is 70.8 Å². The van der Waals surface area contributed by atoms with Crippen LogP contribution >= 0.6 is 0 Å². The van der Waals surface area contributed by atoms with Gasteiger partial charge in [-0.05, 0) is 45.0 Å². The molecule has 0 aliphatic rings. The molecule has 0 aromatic carbocycles. The van der Waals surface area contributed by atoms with Gasteiger partial charge in [-0.25, -0.2) is 0 Å². The lowest BCUT2D eigenvalue weighted by atomic mass is 10.1. The van der Waals surface area contributed by atoms with Crippen LogP contribution in [-0.4, -0.2) is 38.8 Å². The second-order valence-electron chi connectivity index (χ2n) is 5.81. The molecule has 120 valence electrons. The number of likely N-dealkylation sites (N-methyl/N-ethyl adjacent to an activating group) is 1. The SMILES string of the molecule is Cc1n[nH]c(C)c1CCN(C)Cc1cc(-c2ccncc2)no1. The summed E-state index contributed by atoms with van der Waals surface area (Å²) < 4.78 is 5.44. The van der Waals surface area contributed by atoms with Crippen LogP contribution in [-0.2, 0) is 13.0 Å². The first-order valence-electron chi connectivity index (χ1n) is 7.68. The number of rotatable bonds is 6. The van der Waals surface area contributed by atoms with Gasteiger partial charge >= 0.3 is 0 Å². The Labute approximate surface area is 135 Å². The lowest BCUT2D eigenvalue weighted by Crippen LogP contribution is -2.20. The smallest absolute Gasteiger partial charge is 0.151 e. The number of pyridine rings is 1. The van der Waals surface area contributed by atoms with Gasteiger partial charge in [0.1, 0.15) is 5.69 Å². The molecular weight excluding hydrogens is 290 g/mol. The number of H-pyrrole nitrogens is 1. The van der Waals surface area contributed by atoms with Crippen LogP contribution in [0.4, 0.5) is 0 Å². The van der Waals surface area contributed by atoms with E-state index in [1.54, 1.807) is 12.4 Å². The average Bonchev–Trinajstić information content (AvgIpc) is 3.14. The predicted molar refractivity (Wildman–Crippen MR) is 87.8 cm³/mol. The van der Waals surface area contributed by atoms with E-state index in [2.05, 4.69) is 39.2 Å². The van der Waals surface area contributed by atoms with Gasteiger partial charge in [-0.2, -0.15) is 5.10 Å². The van der Waals surface area contributed by atoms with E-state index in [1.807, 2.05) is 25.1 Å². The molecule has 0 fully saturated rings. The van der Waals surface area contributed by atoms with Gasteiger partial charge in [-0.3, -0.25) is 15.0 Å². The maximum absolute atomic E-state index is 5.44. The van der Waals surface area contributed by atoms with Crippen molar-refractivity contribution in [2.24, 2.45) is 0 Å². The van der Waals surface area contributed by atoms with Gasteiger partial charge in [0.2, 0.25) is 0 Å². The summed E-state index contributed by atoms with van der Waals surface area (Å²) in [5, 5.41) is 11.4. The molecule has 0 atom stereocenters. The fourth-order valence-electron chi connectivity index (χ4n) is 2.64. The maximum Gasteiger partial charge on any atom is 0.151 e. The van der Waals surface area contributed by atoms with Crippen molar-refractivity contribution < 1.29 is 4.52 Å². The normalized spacial score (nSPS) is 11.3. The molecule has 6 nitrogen and oxygen atoms in total. The van der Waals surface area contributed by atoms with Crippen molar-refractivity contribution in [3.63, 3.8) is 0 Å². The summed E-state index contributed by atoms with van der Waals surface area (Å²) in [7, 11) is 2.08. The molecule has 0 radical (unpaired) electrons. The van der Waals surface area contributed by atoms with Gasteiger partial charge in [0, 0.05) is 36.3 Å². The summed E-state index contributed by atoms with van der Waals surface area (Å²) in [5.41, 5.74) is 5.39. The number of nitrogens with one attached hydrogen (secondary N) is 1. The standard InChI is InChI=1S/C17H21N5O/c1-12-16(13(2)20-19-12)6-9-22(3)11-15-10-17(21-23-15)14-4-7-18-8-5-14/h4-5,7-8,10H,6,9,11H2,1-3H3,(H,19,20). The predicted octanol–water partition coefficient (Wildman–Crippen LogP) is 2.75. The summed E-state index contributed by atoms with van der Waals surface area (Å²) in [5.74, 6) is 0.861. The van der Waals surface area contributed by atoms with E-state index in [-0.39, 0.29) is 0 Å². The fraction of sp³-hybridized carbons (Fsp3) is 0.353. The van der Waals surface area contributed by atoms with E-state index < -0.39 is 0 Å². The van der Waals surface area contributed by atoms with E-state index in [0.29, 0.717) is 0 Å². The molecule has 0 aliphatic heterocycles. The number of aromatic amines is 1. The Balaban J connectivity index is 1.58. The van der Waals surface area contributed by atoms with Crippen molar-refractivity contribution in [2.45, 2.75) is 26.8 Å². The van der Waals surface area contributed by atoms with Crippen molar-refractivity contribution >= 4 is 0 Å². The summed E-state index contributed by atoms with van der Waals surface area (Å²) >= 11 is 0. The second kappa shape index (κ2) is 6.75. The highest BCUT2D eigenvalue weighted by atomic mass is 16.5. The first-order chi connectivity index (χ1) is 11.1. The second-order valence-corrected chi connectivity index (χ2v) is 5.81. The molecule has 6 heteroatoms. The minimum atomic E-state index is 0.730. The van der Waals surface area contributed by atoms with Crippen molar-refractivity contribution in [3.05, 3.63) is 53.3 Å². The molecule has 1 N–H and O–H groups in total. The molecular formula is C17H21N5O. The number of aryl methyl sites for hydroxylation is 2. The summed E-state index contributed by atoms with van der Waals surface area (Å²) in [6, 6.07) is 5.84. The Morgan fingerprint density at radius 3 is 2.70 bits per heavy atom. The Bertz CT molecular complexity index is 743. The van der Waals surface area contributed by atoms with Crippen LogP contribution in [0.2, 0.25) is 0 Å². The van der Waals surface area contributed by atoms with Crippen LogP contribution < -0.4 is 0 Å². The third-order valence-electron chi connectivity index (χ3n) is 3.99. The third kappa shape index (κ3) is 3.65. The Hall–Kier alpha value is -2.47. The van der Waals surface area contributed by atoms with Crippen LogP contribution in [0.25, 0.3) is 11.3 Å². The summed E-state index contributed by atoms with van der Waals surface area (Å²) in [6.45, 7) is 5.77. The van der Waals surface area contributed by atoms with Crippen molar-refractivity contribution in [1.29, 1.82) is 0 Å². The number of hydrogen-bond acceptors (Lipinski definition) is 5. The molecule has 0 saturated heterocycles. The first kappa shape index (κ1) is 15.4. The largest absolute Gasteiger partial charge is 0.359 e. The molecule has 0 unspecified atom stereocenters. The highest BCUT2D eigenvalue weighted by Crippen LogP contribution is 2.19. The van der Waals surface area contributed by atoms with E-state index in [1.165, 1.54) is 5.56 Å². The van der Waals surface area contributed by atoms with Crippen LogP contribution in [0.1, 0.15) is 22.7 Å². The summed E-state index contributed by atoms with van der Waals surface area (Å²) in [4.78, 5) is 6.24. The number of nitrogens with zero attached hydrogens (tertiary/aromatic N) is 4. The molecule has 0 spiro atoms. The minimum absolute atomic E-state index is 0.730. The van der Waals surface area contributed by atoms with Gasteiger partial charge in [0.25, 0.3) is 0 Å². The zero-order valence-corrected chi connectivity index (χ0v) is 13.7. The minimum Gasteiger partial charge on any atom is -0.359 e. The fourth-order valence-corrected chi connectivity index (χ4v) is 2.64. The molecule has 0 amide bonds. The lowest BCUT2D eigenvalue weighted by Gasteiger charge is -2.14. The number of hydrogen-bond donors (Lipinski definition) is 1. The highest BCUT2D eigenvalue weighted by molar-refractivity contribution is 5.57. The van der Waals surface area contributed by atoms with E-state index in [4.69, 9.17) is 4.52 Å². The van der Waals surface area contributed by atoms with Gasteiger partial charge < -0.3 is 4.52 Å². The Morgan fingerprint density at radius 2 is 2.00 bits per heavy atom. The molecule has 3 aromatic heterocycles. The van der Waals surface area contributed by atoms with Crippen molar-refractivity contribution in [1.82, 2.24) is 25.2 Å². The molecule has 23 heavy (non-hydrogen) atoms. The van der Waals surface area contributed by atoms with E-state index in [9.17, 15) is 0 Å². The first-order valence-corrected chi connectivity index (χ1v) is 7.68. The number of aromatic nitrogens is 4. The maximum atomic E-state index is 5.44. The monoisotopic (exact) mass is 311 g/mol. The Kier molecular flexibility index (Phi) is 4.52. The molecule has 0 bridgehead atoms. The van der Waals surface area contributed by atoms with Gasteiger partial charge in [-0.1, -0.05) is 5.16 Å². The quantitative estimate of drug-likeness (QED) is 0.758. The summed E-state index contributed by atoms with van der Waals surface area (Å²) in [6.07, 6.45) is 4.48. The van der Waals surface area contributed by atoms with Crippen LogP contribution in [0.5, 0.6) is 0 Å². The van der Waals surface area contributed by atoms with Crippen LogP contribution in [0.3, 0.4) is 0 Å². The van der Waals surface area contributed by atoms with E-state index in [0.717, 1.165) is 47.9 Å². The highest BCUT2D eigenvalue weighted by Gasteiger charge is 2.11. The van der Waals surface area contributed by atoms with Gasteiger partial charge in [0.05, 0.1) is 12.2 Å². The third-order valence-corrected chi connectivity index (χ3v) is 3.99. The Morgan fingerprint density at radius 1 is 1.22 bits per heavy atom. The molecule has 3 aromatic rings. The molecule has 0 saturated carbocycles. The van der Waals surface area contributed by atoms with Crippen LogP contribution in [0, 0.1) is 13.8 Å². The van der Waals surface area contributed by atoms with Crippen molar-refractivity contribution in [3.8, 4) is 11.3 Å². The molecule has 0 aliphatic carbocycles. The van der Waals surface area contributed by atoms with Gasteiger partial charge in [-0.15, -0.1) is 0 Å². The average molecular weight is 311 g/mol. The zero-order valence-electron chi connectivity index (χ0n) is 13.7. The lowest BCUT2D eigenvalue weighted by molar-refractivity contribution is 0.275. The molecule has 3 rings (SSSR count). The molecule has 3 heterocycles.